The number of halogens is 1. The van der Waals surface area contributed by atoms with Crippen LogP contribution in [0.4, 0.5) is 0 Å². The maximum absolute atomic E-state index is 12.3. The average Bonchev–Trinajstić information content (AvgIpc) is 3.08. The van der Waals surface area contributed by atoms with E-state index in [1.807, 2.05) is 0 Å². The predicted octanol–water partition coefficient (Wildman–Crippen LogP) is 1.20. The van der Waals surface area contributed by atoms with E-state index in [2.05, 4.69) is 10.0 Å². The summed E-state index contributed by atoms with van der Waals surface area (Å²) in [6, 6.07) is 5.99. The summed E-state index contributed by atoms with van der Waals surface area (Å²) in [6.07, 6.45) is 1.90. The number of hydrogen-bond donors (Lipinski definition) is 2. The summed E-state index contributed by atoms with van der Waals surface area (Å²) in [7, 11) is -6.61. The SMILES string of the molecule is CCS(=O)(=O)CCOc1ccc(S(=O)(=O)NCCC2CCNC2)cc1.Cl. The molecule has 2 N–H and O–H groups in total. The second kappa shape index (κ2) is 10.5. The number of rotatable bonds is 10. The molecule has 7 nitrogen and oxygen atoms in total. The van der Waals surface area contributed by atoms with Crippen molar-refractivity contribution in [3.8, 4) is 5.75 Å². The highest BCUT2D eigenvalue weighted by atomic mass is 35.5. The number of sulfone groups is 1. The standard InChI is InChI=1S/C16H26N2O5S2.ClH/c1-2-24(19,20)12-11-23-15-3-5-16(6-4-15)25(21,22)18-10-8-14-7-9-17-13-14;/h3-6,14,17-18H,2,7-13H2,1H3;1H. The van der Waals surface area contributed by atoms with Crippen molar-refractivity contribution >= 4 is 32.3 Å². The molecule has 1 saturated heterocycles. The summed E-state index contributed by atoms with van der Waals surface area (Å²) in [5.41, 5.74) is 0. The van der Waals surface area contributed by atoms with Crippen molar-refractivity contribution < 1.29 is 21.6 Å². The van der Waals surface area contributed by atoms with E-state index in [9.17, 15) is 16.8 Å². The van der Waals surface area contributed by atoms with Gasteiger partial charge in [-0.3, -0.25) is 0 Å². The van der Waals surface area contributed by atoms with E-state index in [1.165, 1.54) is 24.3 Å². The smallest absolute Gasteiger partial charge is 0.240 e. The molecule has 0 aliphatic carbocycles. The molecule has 2 rings (SSSR count). The zero-order chi connectivity index (χ0) is 18.3. The highest BCUT2D eigenvalue weighted by molar-refractivity contribution is 7.91. The maximum Gasteiger partial charge on any atom is 0.240 e. The molecule has 0 bridgehead atoms. The van der Waals surface area contributed by atoms with Gasteiger partial charge in [-0.2, -0.15) is 0 Å². The molecule has 1 aromatic carbocycles. The molecule has 0 aromatic heterocycles. The third-order valence-corrected chi connectivity index (χ3v) is 7.39. The van der Waals surface area contributed by atoms with Crippen LogP contribution in [0.15, 0.2) is 29.2 Å². The minimum Gasteiger partial charge on any atom is -0.493 e. The van der Waals surface area contributed by atoms with Gasteiger partial charge in [0.25, 0.3) is 0 Å². The van der Waals surface area contributed by atoms with Gasteiger partial charge in [-0.1, -0.05) is 6.92 Å². The fourth-order valence-corrected chi connectivity index (χ4v) is 4.26. The molecule has 0 radical (unpaired) electrons. The summed E-state index contributed by atoms with van der Waals surface area (Å²) < 4.78 is 55.3. The number of benzene rings is 1. The minimum absolute atomic E-state index is 0. The average molecular weight is 427 g/mol. The molecule has 1 unspecified atom stereocenters. The van der Waals surface area contributed by atoms with Crippen molar-refractivity contribution in [1.82, 2.24) is 10.0 Å². The molecule has 1 aliphatic rings. The molecule has 0 amide bonds. The van der Waals surface area contributed by atoms with Crippen LogP contribution in [0.1, 0.15) is 19.8 Å². The van der Waals surface area contributed by atoms with Crippen LogP contribution in [-0.2, 0) is 19.9 Å². The second-order valence-corrected chi connectivity index (χ2v) is 10.3. The maximum atomic E-state index is 12.3. The van der Waals surface area contributed by atoms with Gasteiger partial charge in [0.1, 0.15) is 12.4 Å². The first kappa shape index (κ1) is 23.2. The minimum atomic E-state index is -3.54. The zero-order valence-corrected chi connectivity index (χ0v) is 17.3. The molecule has 26 heavy (non-hydrogen) atoms. The van der Waals surface area contributed by atoms with Crippen LogP contribution in [-0.4, -0.2) is 54.6 Å². The van der Waals surface area contributed by atoms with Crippen molar-refractivity contribution in [1.29, 1.82) is 0 Å². The summed E-state index contributed by atoms with van der Waals surface area (Å²) in [5.74, 6) is 0.997. The predicted molar refractivity (Wildman–Crippen MR) is 104 cm³/mol. The number of nitrogens with one attached hydrogen (secondary N) is 2. The van der Waals surface area contributed by atoms with Gasteiger partial charge in [-0.25, -0.2) is 21.6 Å². The molecule has 1 heterocycles. The summed E-state index contributed by atoms with van der Waals surface area (Å²) in [6.45, 7) is 4.00. The Morgan fingerprint density at radius 2 is 1.88 bits per heavy atom. The van der Waals surface area contributed by atoms with Crippen LogP contribution in [0.2, 0.25) is 0 Å². The van der Waals surface area contributed by atoms with E-state index in [0.717, 1.165) is 25.9 Å². The van der Waals surface area contributed by atoms with Gasteiger partial charge in [0.05, 0.1) is 10.6 Å². The van der Waals surface area contributed by atoms with Crippen LogP contribution < -0.4 is 14.8 Å². The van der Waals surface area contributed by atoms with Gasteiger partial charge < -0.3 is 10.1 Å². The van der Waals surface area contributed by atoms with Gasteiger partial charge in [0.2, 0.25) is 10.0 Å². The largest absolute Gasteiger partial charge is 0.493 e. The Labute approximate surface area is 162 Å². The van der Waals surface area contributed by atoms with Crippen LogP contribution >= 0.6 is 12.4 Å². The van der Waals surface area contributed by atoms with Gasteiger partial charge in [0.15, 0.2) is 9.84 Å². The van der Waals surface area contributed by atoms with Crippen LogP contribution in [0.5, 0.6) is 5.75 Å². The fourth-order valence-electron chi connectivity index (χ4n) is 2.59. The quantitative estimate of drug-likeness (QED) is 0.583. The zero-order valence-electron chi connectivity index (χ0n) is 14.8. The van der Waals surface area contributed by atoms with Crippen molar-refractivity contribution in [2.45, 2.75) is 24.7 Å². The van der Waals surface area contributed by atoms with Gasteiger partial charge >= 0.3 is 0 Å². The topological polar surface area (TPSA) is 102 Å². The molecular formula is C16H27ClN2O5S2. The number of sulfonamides is 1. The first-order valence-electron chi connectivity index (χ1n) is 8.46. The molecule has 1 aromatic rings. The Morgan fingerprint density at radius 1 is 1.19 bits per heavy atom. The first-order chi connectivity index (χ1) is 11.8. The van der Waals surface area contributed by atoms with Crippen molar-refractivity contribution in [3.05, 3.63) is 24.3 Å². The molecule has 0 spiro atoms. The van der Waals surface area contributed by atoms with Gasteiger partial charge in [0, 0.05) is 12.3 Å². The first-order valence-corrected chi connectivity index (χ1v) is 11.8. The summed E-state index contributed by atoms with van der Waals surface area (Å²) >= 11 is 0. The Bertz CT molecular complexity index is 745. The molecule has 1 aliphatic heterocycles. The van der Waals surface area contributed by atoms with E-state index >= 15 is 0 Å². The Balaban J connectivity index is 0.00000338. The molecule has 150 valence electrons. The Morgan fingerprint density at radius 3 is 2.46 bits per heavy atom. The molecule has 0 saturated carbocycles. The van der Waals surface area contributed by atoms with Crippen molar-refractivity contribution in [3.63, 3.8) is 0 Å². The van der Waals surface area contributed by atoms with E-state index in [-0.39, 0.29) is 35.4 Å². The molecular weight excluding hydrogens is 400 g/mol. The van der Waals surface area contributed by atoms with E-state index in [1.54, 1.807) is 6.92 Å². The molecule has 1 fully saturated rings. The lowest BCUT2D eigenvalue weighted by Gasteiger charge is -2.11. The van der Waals surface area contributed by atoms with E-state index in [4.69, 9.17) is 4.74 Å². The van der Waals surface area contributed by atoms with Crippen LogP contribution in [0, 0.1) is 5.92 Å². The van der Waals surface area contributed by atoms with Crippen LogP contribution in [0.25, 0.3) is 0 Å². The lowest BCUT2D eigenvalue weighted by atomic mass is 10.1. The molecule has 10 heteroatoms. The second-order valence-electron chi connectivity index (χ2n) is 6.10. The summed E-state index contributed by atoms with van der Waals surface area (Å²) in [5, 5.41) is 3.26. The number of hydrogen-bond acceptors (Lipinski definition) is 6. The lowest BCUT2D eigenvalue weighted by Crippen LogP contribution is -2.26. The van der Waals surface area contributed by atoms with E-state index in [0.29, 0.717) is 18.2 Å². The van der Waals surface area contributed by atoms with Crippen molar-refractivity contribution in [2.75, 3.05) is 37.7 Å². The highest BCUT2D eigenvalue weighted by Crippen LogP contribution is 2.17. The molecule has 1 atom stereocenters. The Hall–Kier alpha value is -0.870. The van der Waals surface area contributed by atoms with Crippen molar-refractivity contribution in [2.24, 2.45) is 5.92 Å². The number of ether oxygens (including phenoxy) is 1. The Kier molecular flexibility index (Phi) is 9.32. The highest BCUT2D eigenvalue weighted by Gasteiger charge is 2.17. The van der Waals surface area contributed by atoms with Gasteiger partial charge in [-0.15, -0.1) is 12.4 Å². The van der Waals surface area contributed by atoms with Gasteiger partial charge in [-0.05, 0) is 56.1 Å². The fraction of sp³-hybridized carbons (Fsp3) is 0.625. The van der Waals surface area contributed by atoms with Crippen LogP contribution in [0.3, 0.4) is 0 Å². The van der Waals surface area contributed by atoms with E-state index < -0.39 is 19.9 Å². The third-order valence-electron chi connectivity index (χ3n) is 4.24. The normalized spacial score (nSPS) is 17.7. The lowest BCUT2D eigenvalue weighted by molar-refractivity contribution is 0.340. The monoisotopic (exact) mass is 426 g/mol. The summed E-state index contributed by atoms with van der Waals surface area (Å²) in [4.78, 5) is 0.172. The third kappa shape index (κ3) is 7.40.